The summed E-state index contributed by atoms with van der Waals surface area (Å²) in [6.45, 7) is 2.84. The van der Waals surface area contributed by atoms with Gasteiger partial charge in [0.15, 0.2) is 0 Å². The molecule has 1 heterocycles. The first-order chi connectivity index (χ1) is 7.16. The highest BCUT2D eigenvalue weighted by Crippen LogP contribution is 2.41. The van der Waals surface area contributed by atoms with Gasteiger partial charge < -0.3 is 10.8 Å². The van der Waals surface area contributed by atoms with Crippen LogP contribution in [0.5, 0.6) is 0 Å². The van der Waals surface area contributed by atoms with Crippen LogP contribution in [-0.4, -0.2) is 17.8 Å². The van der Waals surface area contributed by atoms with Crippen molar-refractivity contribution in [2.75, 3.05) is 6.54 Å². The van der Waals surface area contributed by atoms with Crippen molar-refractivity contribution < 1.29 is 5.11 Å². The number of thiophene rings is 1. The zero-order valence-corrected chi connectivity index (χ0v) is 10.0. The molecule has 0 radical (unpaired) electrons. The largest absolute Gasteiger partial charge is 0.393 e. The van der Waals surface area contributed by atoms with Crippen LogP contribution in [0, 0.1) is 6.92 Å². The maximum atomic E-state index is 9.55. The minimum absolute atomic E-state index is 0.106. The second-order valence-electron chi connectivity index (χ2n) is 4.63. The fourth-order valence-electron chi connectivity index (χ4n) is 2.43. The van der Waals surface area contributed by atoms with Crippen LogP contribution >= 0.6 is 11.3 Å². The van der Waals surface area contributed by atoms with Crippen LogP contribution in [-0.2, 0) is 5.41 Å². The standard InChI is InChI=1S/C12H19NOS/c1-9-2-3-11(15-9)12(8-13)6-4-10(14)5-7-12/h2-3,10,14H,4-8,13H2,1H3. The molecule has 0 bridgehead atoms. The number of nitrogens with two attached hydrogens (primary N) is 1. The summed E-state index contributed by atoms with van der Waals surface area (Å²) in [5.41, 5.74) is 6.10. The highest BCUT2D eigenvalue weighted by atomic mass is 32.1. The minimum atomic E-state index is -0.106. The van der Waals surface area contributed by atoms with Crippen molar-refractivity contribution in [3.05, 3.63) is 21.9 Å². The van der Waals surface area contributed by atoms with Gasteiger partial charge in [0.05, 0.1) is 6.10 Å². The van der Waals surface area contributed by atoms with Crippen LogP contribution in [0.1, 0.15) is 35.4 Å². The molecular formula is C12H19NOS. The molecule has 0 amide bonds. The van der Waals surface area contributed by atoms with E-state index < -0.39 is 0 Å². The lowest BCUT2D eigenvalue weighted by molar-refractivity contribution is 0.0985. The molecule has 0 unspecified atom stereocenters. The van der Waals surface area contributed by atoms with E-state index in [9.17, 15) is 5.11 Å². The highest BCUT2D eigenvalue weighted by molar-refractivity contribution is 7.12. The molecule has 0 spiro atoms. The molecule has 3 heteroatoms. The van der Waals surface area contributed by atoms with E-state index >= 15 is 0 Å². The van der Waals surface area contributed by atoms with Crippen molar-refractivity contribution in [1.29, 1.82) is 0 Å². The van der Waals surface area contributed by atoms with E-state index in [0.717, 1.165) is 25.7 Å². The first kappa shape index (κ1) is 11.1. The second kappa shape index (κ2) is 4.24. The number of aliphatic hydroxyl groups excluding tert-OH is 1. The summed E-state index contributed by atoms with van der Waals surface area (Å²) < 4.78 is 0. The van der Waals surface area contributed by atoms with Gasteiger partial charge in [-0.3, -0.25) is 0 Å². The normalized spacial score (nSPS) is 31.8. The third-order valence-electron chi connectivity index (χ3n) is 3.57. The molecule has 1 fully saturated rings. The van der Waals surface area contributed by atoms with Crippen LogP contribution in [0.3, 0.4) is 0 Å². The van der Waals surface area contributed by atoms with Crippen molar-refractivity contribution in [1.82, 2.24) is 0 Å². The predicted molar refractivity (Wildman–Crippen MR) is 64.3 cm³/mol. The number of aliphatic hydroxyl groups is 1. The molecule has 1 saturated carbocycles. The molecule has 0 aromatic carbocycles. The Morgan fingerprint density at radius 3 is 2.60 bits per heavy atom. The van der Waals surface area contributed by atoms with Gasteiger partial charge in [0.25, 0.3) is 0 Å². The van der Waals surface area contributed by atoms with Gasteiger partial charge in [0.1, 0.15) is 0 Å². The molecule has 1 aromatic heterocycles. The van der Waals surface area contributed by atoms with Gasteiger partial charge >= 0.3 is 0 Å². The lowest BCUT2D eigenvalue weighted by Gasteiger charge is -2.37. The fourth-order valence-corrected chi connectivity index (χ4v) is 3.55. The number of aryl methyl sites for hydroxylation is 1. The van der Waals surface area contributed by atoms with Crippen molar-refractivity contribution in [3.8, 4) is 0 Å². The lowest BCUT2D eigenvalue weighted by atomic mass is 9.72. The molecule has 3 N–H and O–H groups in total. The molecule has 1 aromatic rings. The van der Waals surface area contributed by atoms with E-state index in [2.05, 4.69) is 19.1 Å². The Morgan fingerprint density at radius 2 is 2.13 bits per heavy atom. The Hall–Kier alpha value is -0.380. The molecule has 0 aliphatic heterocycles. The molecular weight excluding hydrogens is 206 g/mol. The van der Waals surface area contributed by atoms with E-state index in [-0.39, 0.29) is 11.5 Å². The van der Waals surface area contributed by atoms with Crippen molar-refractivity contribution in [3.63, 3.8) is 0 Å². The molecule has 84 valence electrons. The van der Waals surface area contributed by atoms with E-state index in [0.29, 0.717) is 6.54 Å². The topological polar surface area (TPSA) is 46.2 Å². The lowest BCUT2D eigenvalue weighted by Crippen LogP contribution is -2.39. The summed E-state index contributed by atoms with van der Waals surface area (Å²) in [6.07, 6.45) is 3.75. The maximum Gasteiger partial charge on any atom is 0.0541 e. The highest BCUT2D eigenvalue weighted by Gasteiger charge is 2.36. The minimum Gasteiger partial charge on any atom is -0.393 e. The van der Waals surface area contributed by atoms with Gasteiger partial charge in [-0.2, -0.15) is 0 Å². The van der Waals surface area contributed by atoms with E-state index in [4.69, 9.17) is 5.73 Å². The quantitative estimate of drug-likeness (QED) is 0.810. The van der Waals surface area contributed by atoms with Gasteiger partial charge in [0, 0.05) is 21.7 Å². The Morgan fingerprint density at radius 1 is 1.47 bits per heavy atom. The van der Waals surface area contributed by atoms with E-state index in [1.165, 1.54) is 9.75 Å². The first-order valence-corrected chi connectivity index (χ1v) is 6.43. The Kier molecular flexibility index (Phi) is 3.14. The molecule has 2 nitrogen and oxygen atoms in total. The van der Waals surface area contributed by atoms with Gasteiger partial charge in [-0.1, -0.05) is 0 Å². The van der Waals surface area contributed by atoms with Crippen LogP contribution in [0.4, 0.5) is 0 Å². The Labute approximate surface area is 95.1 Å². The Bertz CT molecular complexity index is 326. The van der Waals surface area contributed by atoms with Crippen LogP contribution in [0.15, 0.2) is 12.1 Å². The molecule has 1 aliphatic rings. The van der Waals surface area contributed by atoms with Crippen molar-refractivity contribution >= 4 is 11.3 Å². The van der Waals surface area contributed by atoms with Gasteiger partial charge in [-0.15, -0.1) is 11.3 Å². The summed E-state index contributed by atoms with van der Waals surface area (Å²) in [5.74, 6) is 0. The smallest absolute Gasteiger partial charge is 0.0541 e. The maximum absolute atomic E-state index is 9.55. The fraction of sp³-hybridized carbons (Fsp3) is 0.667. The van der Waals surface area contributed by atoms with Gasteiger partial charge in [0.2, 0.25) is 0 Å². The van der Waals surface area contributed by atoms with Gasteiger partial charge in [-0.25, -0.2) is 0 Å². The molecule has 2 rings (SSSR count). The first-order valence-electron chi connectivity index (χ1n) is 5.61. The van der Waals surface area contributed by atoms with Gasteiger partial charge in [-0.05, 0) is 44.7 Å². The monoisotopic (exact) mass is 225 g/mol. The third kappa shape index (κ3) is 2.10. The van der Waals surface area contributed by atoms with Crippen molar-refractivity contribution in [2.45, 2.75) is 44.1 Å². The third-order valence-corrected chi connectivity index (χ3v) is 4.81. The summed E-state index contributed by atoms with van der Waals surface area (Å²) in [7, 11) is 0. The SMILES string of the molecule is Cc1ccc(C2(CN)CCC(O)CC2)s1. The zero-order chi connectivity index (χ0) is 10.9. The van der Waals surface area contributed by atoms with E-state index in [1.54, 1.807) is 0 Å². The predicted octanol–water partition coefficient (Wildman–Crippen LogP) is 2.19. The number of hydrogen-bond donors (Lipinski definition) is 2. The average Bonchev–Trinajstić information content (AvgIpc) is 2.67. The van der Waals surface area contributed by atoms with Crippen LogP contribution in [0.25, 0.3) is 0 Å². The summed E-state index contributed by atoms with van der Waals surface area (Å²) in [6, 6.07) is 4.38. The van der Waals surface area contributed by atoms with Crippen LogP contribution < -0.4 is 5.73 Å². The summed E-state index contributed by atoms with van der Waals surface area (Å²) >= 11 is 1.86. The van der Waals surface area contributed by atoms with Crippen LogP contribution in [0.2, 0.25) is 0 Å². The zero-order valence-electron chi connectivity index (χ0n) is 9.20. The molecule has 1 aliphatic carbocycles. The van der Waals surface area contributed by atoms with E-state index in [1.807, 2.05) is 11.3 Å². The molecule has 15 heavy (non-hydrogen) atoms. The Balaban J connectivity index is 2.22. The molecule has 0 atom stereocenters. The molecule has 0 saturated heterocycles. The van der Waals surface area contributed by atoms with Crippen molar-refractivity contribution in [2.24, 2.45) is 5.73 Å². The number of hydrogen-bond acceptors (Lipinski definition) is 3. The average molecular weight is 225 g/mol. The number of rotatable bonds is 2. The second-order valence-corrected chi connectivity index (χ2v) is 5.91. The summed E-state index contributed by atoms with van der Waals surface area (Å²) in [5, 5.41) is 9.55. The summed E-state index contributed by atoms with van der Waals surface area (Å²) in [4.78, 5) is 2.76.